The number of hydrogen-bond acceptors (Lipinski definition) is 4. The van der Waals surface area contributed by atoms with Gasteiger partial charge in [0.25, 0.3) is 0 Å². The fraction of sp³-hybridized carbons (Fsp3) is 0.545. The first-order valence-electron chi connectivity index (χ1n) is 9.98. The molecule has 1 aliphatic heterocycles. The average Bonchev–Trinajstić information content (AvgIpc) is 3.04. The van der Waals surface area contributed by atoms with E-state index in [0.717, 1.165) is 34.2 Å². The molecule has 0 aliphatic carbocycles. The van der Waals surface area contributed by atoms with Crippen molar-refractivity contribution in [1.29, 1.82) is 0 Å². The zero-order valence-corrected chi connectivity index (χ0v) is 18.9. The Bertz CT molecular complexity index is 769. The van der Waals surface area contributed by atoms with Crippen LogP contribution >= 0.6 is 23.7 Å². The monoisotopic (exact) mass is 421 g/mol. The van der Waals surface area contributed by atoms with Crippen LogP contribution in [0.4, 0.5) is 0 Å². The van der Waals surface area contributed by atoms with Crippen molar-refractivity contribution in [3.05, 3.63) is 40.4 Å². The Kier molecular flexibility index (Phi) is 8.47. The van der Waals surface area contributed by atoms with Gasteiger partial charge < -0.3 is 10.6 Å². The van der Waals surface area contributed by atoms with Crippen molar-refractivity contribution in [3.8, 4) is 10.6 Å². The summed E-state index contributed by atoms with van der Waals surface area (Å²) in [6.07, 6.45) is 2.97. The lowest BCUT2D eigenvalue weighted by Crippen LogP contribution is -2.34. The van der Waals surface area contributed by atoms with Crippen LogP contribution in [0, 0.1) is 25.7 Å². The Balaban J connectivity index is 0.00000280. The quantitative estimate of drug-likeness (QED) is 0.685. The minimum atomic E-state index is -0.00517. The number of thiazole rings is 1. The van der Waals surface area contributed by atoms with Crippen molar-refractivity contribution in [3.63, 3.8) is 0 Å². The first kappa shape index (κ1) is 22.9. The summed E-state index contributed by atoms with van der Waals surface area (Å²) < 4.78 is 0. The van der Waals surface area contributed by atoms with Crippen LogP contribution in [-0.4, -0.2) is 24.0 Å². The second-order valence-electron chi connectivity index (χ2n) is 7.89. The molecular formula is C22H32ClN3OS. The SMILES string of the molecule is Cc1ccc(-c2nc(C)c(C(C)NC(=O)CC(C)C3CCNCC3)s2)cc1.Cl. The number of carbonyl (C=O) groups excluding carboxylic acids is 1. The van der Waals surface area contributed by atoms with Gasteiger partial charge >= 0.3 is 0 Å². The lowest BCUT2D eigenvalue weighted by atomic mass is 9.84. The molecular weight excluding hydrogens is 390 g/mol. The molecule has 3 rings (SSSR count). The summed E-state index contributed by atoms with van der Waals surface area (Å²) >= 11 is 1.68. The normalized spacial score (nSPS) is 16.9. The molecule has 2 unspecified atom stereocenters. The molecule has 1 aromatic heterocycles. The smallest absolute Gasteiger partial charge is 0.220 e. The van der Waals surface area contributed by atoms with Crippen molar-refractivity contribution < 1.29 is 4.79 Å². The van der Waals surface area contributed by atoms with Gasteiger partial charge in [-0.1, -0.05) is 36.8 Å². The predicted octanol–water partition coefficient (Wildman–Crippen LogP) is 5.05. The number of nitrogens with zero attached hydrogens (tertiary/aromatic N) is 1. The Labute approximate surface area is 179 Å². The molecule has 2 aromatic rings. The van der Waals surface area contributed by atoms with Crippen LogP contribution in [0.2, 0.25) is 0 Å². The van der Waals surface area contributed by atoms with E-state index in [0.29, 0.717) is 18.3 Å². The van der Waals surface area contributed by atoms with E-state index in [-0.39, 0.29) is 24.4 Å². The first-order chi connectivity index (χ1) is 12.9. The van der Waals surface area contributed by atoms with E-state index in [9.17, 15) is 4.79 Å². The lowest BCUT2D eigenvalue weighted by molar-refractivity contribution is -0.123. The molecule has 1 fully saturated rings. The molecule has 2 N–H and O–H groups in total. The van der Waals surface area contributed by atoms with Gasteiger partial charge in [-0.15, -0.1) is 23.7 Å². The van der Waals surface area contributed by atoms with Gasteiger partial charge in [0.2, 0.25) is 5.91 Å². The lowest BCUT2D eigenvalue weighted by Gasteiger charge is -2.28. The summed E-state index contributed by atoms with van der Waals surface area (Å²) in [6.45, 7) is 10.6. The molecule has 0 bridgehead atoms. The van der Waals surface area contributed by atoms with E-state index in [1.54, 1.807) is 11.3 Å². The van der Waals surface area contributed by atoms with Crippen LogP contribution in [0.15, 0.2) is 24.3 Å². The highest BCUT2D eigenvalue weighted by molar-refractivity contribution is 7.15. The molecule has 4 nitrogen and oxygen atoms in total. The molecule has 6 heteroatoms. The third-order valence-corrected chi connectivity index (χ3v) is 6.99. The molecule has 1 saturated heterocycles. The number of aromatic nitrogens is 1. The highest BCUT2D eigenvalue weighted by Gasteiger charge is 2.23. The van der Waals surface area contributed by atoms with Crippen LogP contribution in [0.1, 0.15) is 55.3 Å². The van der Waals surface area contributed by atoms with E-state index in [1.165, 1.54) is 18.4 Å². The number of halogens is 1. The number of piperidine rings is 1. The van der Waals surface area contributed by atoms with E-state index in [1.807, 2.05) is 6.92 Å². The molecule has 0 saturated carbocycles. The van der Waals surface area contributed by atoms with Gasteiger partial charge in [0.15, 0.2) is 0 Å². The molecule has 1 amide bonds. The first-order valence-corrected chi connectivity index (χ1v) is 10.8. The van der Waals surface area contributed by atoms with Crippen LogP contribution in [0.5, 0.6) is 0 Å². The minimum absolute atomic E-state index is 0. The zero-order valence-electron chi connectivity index (χ0n) is 17.2. The van der Waals surface area contributed by atoms with Gasteiger partial charge in [-0.25, -0.2) is 4.98 Å². The van der Waals surface area contributed by atoms with Crippen LogP contribution in [0.25, 0.3) is 10.6 Å². The summed E-state index contributed by atoms with van der Waals surface area (Å²) in [4.78, 5) is 18.4. The maximum atomic E-state index is 12.6. The third-order valence-electron chi connectivity index (χ3n) is 5.60. The second-order valence-corrected chi connectivity index (χ2v) is 8.92. The molecule has 0 radical (unpaired) electrons. The Hall–Kier alpha value is -1.43. The number of aryl methyl sites for hydroxylation is 2. The fourth-order valence-corrected chi connectivity index (χ4v) is 4.94. The predicted molar refractivity (Wildman–Crippen MR) is 120 cm³/mol. The van der Waals surface area contributed by atoms with Gasteiger partial charge in [0, 0.05) is 12.0 Å². The van der Waals surface area contributed by atoms with Gasteiger partial charge in [-0.2, -0.15) is 0 Å². The van der Waals surface area contributed by atoms with Crippen LogP contribution in [-0.2, 0) is 4.79 Å². The minimum Gasteiger partial charge on any atom is -0.349 e. The van der Waals surface area contributed by atoms with Crippen molar-refractivity contribution in [1.82, 2.24) is 15.6 Å². The molecule has 1 aliphatic rings. The van der Waals surface area contributed by atoms with E-state index in [4.69, 9.17) is 4.98 Å². The topological polar surface area (TPSA) is 54.0 Å². The highest BCUT2D eigenvalue weighted by atomic mass is 35.5. The molecule has 28 heavy (non-hydrogen) atoms. The highest BCUT2D eigenvalue weighted by Crippen LogP contribution is 2.32. The Morgan fingerprint density at radius 3 is 2.50 bits per heavy atom. The van der Waals surface area contributed by atoms with E-state index >= 15 is 0 Å². The van der Waals surface area contributed by atoms with Crippen molar-refractivity contribution in [2.45, 2.75) is 53.0 Å². The summed E-state index contributed by atoms with van der Waals surface area (Å²) in [5.74, 6) is 1.24. The van der Waals surface area contributed by atoms with E-state index in [2.05, 4.69) is 55.7 Å². The van der Waals surface area contributed by atoms with E-state index < -0.39 is 0 Å². The summed E-state index contributed by atoms with van der Waals surface area (Å²) in [7, 11) is 0. The van der Waals surface area contributed by atoms with Crippen molar-refractivity contribution in [2.75, 3.05) is 13.1 Å². The Morgan fingerprint density at radius 1 is 1.21 bits per heavy atom. The van der Waals surface area contributed by atoms with Crippen LogP contribution < -0.4 is 10.6 Å². The average molecular weight is 422 g/mol. The van der Waals surface area contributed by atoms with Crippen LogP contribution in [0.3, 0.4) is 0 Å². The summed E-state index contributed by atoms with van der Waals surface area (Å²) in [5, 5.41) is 7.61. The maximum absolute atomic E-state index is 12.6. The third kappa shape index (κ3) is 5.79. The molecule has 1 aromatic carbocycles. The molecule has 2 heterocycles. The fourth-order valence-electron chi connectivity index (χ4n) is 3.87. The molecule has 154 valence electrons. The Morgan fingerprint density at radius 2 is 1.86 bits per heavy atom. The second kappa shape index (κ2) is 10.4. The maximum Gasteiger partial charge on any atom is 0.220 e. The largest absolute Gasteiger partial charge is 0.349 e. The van der Waals surface area contributed by atoms with Gasteiger partial charge in [0.05, 0.1) is 16.6 Å². The number of rotatable bonds is 6. The van der Waals surface area contributed by atoms with Gasteiger partial charge in [0.1, 0.15) is 5.01 Å². The number of benzene rings is 1. The molecule has 2 atom stereocenters. The van der Waals surface area contributed by atoms with Gasteiger partial charge in [-0.3, -0.25) is 4.79 Å². The standard InChI is InChI=1S/C22H31N3OS.ClH/c1-14-5-7-19(8-6-14)22-25-17(4)21(27-22)16(3)24-20(26)13-15(2)18-9-11-23-12-10-18;/h5-8,15-16,18,23H,9-13H2,1-4H3,(H,24,26);1H. The number of amides is 1. The van der Waals surface area contributed by atoms with Gasteiger partial charge in [-0.05, 0) is 58.5 Å². The molecule has 0 spiro atoms. The number of carbonyl (C=O) groups is 1. The van der Waals surface area contributed by atoms with Crippen molar-refractivity contribution in [2.24, 2.45) is 11.8 Å². The zero-order chi connectivity index (χ0) is 19.4. The summed E-state index contributed by atoms with van der Waals surface area (Å²) in [6, 6.07) is 8.44. The summed E-state index contributed by atoms with van der Waals surface area (Å²) in [5.41, 5.74) is 3.39. The number of nitrogens with one attached hydrogen (secondary N) is 2. The van der Waals surface area contributed by atoms with Crippen molar-refractivity contribution >= 4 is 29.7 Å². The number of hydrogen-bond donors (Lipinski definition) is 2.